The molecule has 1 aliphatic rings. The van der Waals surface area contributed by atoms with E-state index in [1.807, 2.05) is 6.92 Å². The topological polar surface area (TPSA) is 107 Å². The minimum atomic E-state index is -0.473. The minimum Gasteiger partial charge on any atom is -0.453 e. The van der Waals surface area contributed by atoms with Gasteiger partial charge in [0.05, 0.1) is 0 Å². The van der Waals surface area contributed by atoms with Crippen LogP contribution in [0.2, 0.25) is 0 Å². The minimum absolute atomic E-state index is 0.0414. The lowest BCUT2D eigenvalue weighted by Crippen LogP contribution is -2.39. The number of ether oxygens (including phenoxy) is 3. The van der Waals surface area contributed by atoms with E-state index in [-0.39, 0.29) is 30.3 Å². The Bertz CT molecular complexity index is 1340. The maximum absolute atomic E-state index is 12.8. The second-order valence-corrected chi connectivity index (χ2v) is 6.96. The Balaban J connectivity index is 1.82. The number of benzene rings is 1. The smallest absolute Gasteiger partial charge is 0.332 e. The fourth-order valence-electron chi connectivity index (χ4n) is 3.59. The number of fused-ring (bicyclic) bond motifs is 2. The van der Waals surface area contributed by atoms with Crippen molar-refractivity contribution in [3.8, 4) is 17.2 Å². The molecule has 0 fully saturated rings. The first-order valence-corrected chi connectivity index (χ1v) is 9.85. The summed E-state index contributed by atoms with van der Waals surface area (Å²) in [6, 6.07) is 3.40. The Morgan fingerprint density at radius 2 is 1.90 bits per heavy atom. The molecule has 0 saturated heterocycles. The zero-order valence-corrected chi connectivity index (χ0v) is 17.7. The molecule has 0 radical (unpaired) electrons. The van der Waals surface area contributed by atoms with Gasteiger partial charge in [0, 0.05) is 27.1 Å². The van der Waals surface area contributed by atoms with Crippen LogP contribution in [0.5, 0.6) is 17.2 Å². The van der Waals surface area contributed by atoms with Crippen LogP contribution >= 0.6 is 0 Å². The summed E-state index contributed by atoms with van der Waals surface area (Å²) in [4.78, 5) is 41.3. The Kier molecular flexibility index (Phi) is 5.14. The van der Waals surface area contributed by atoms with Crippen molar-refractivity contribution < 1.29 is 19.0 Å². The van der Waals surface area contributed by atoms with E-state index in [1.165, 1.54) is 16.1 Å². The molecule has 10 nitrogen and oxygen atoms in total. The molecule has 0 saturated carbocycles. The van der Waals surface area contributed by atoms with E-state index in [0.717, 1.165) is 0 Å². The van der Waals surface area contributed by atoms with E-state index in [1.54, 1.807) is 42.8 Å². The number of aromatic nitrogens is 4. The largest absolute Gasteiger partial charge is 0.453 e. The third-order valence-electron chi connectivity index (χ3n) is 5.05. The lowest BCUT2D eigenvalue weighted by molar-refractivity contribution is -0.132. The third kappa shape index (κ3) is 3.39. The van der Waals surface area contributed by atoms with Crippen molar-refractivity contribution in [3.05, 3.63) is 44.4 Å². The highest BCUT2D eigenvalue weighted by molar-refractivity contribution is 5.78. The standard InChI is InChI=1S/C21H22N4O6/c1-5-24-19-17(20(27)25(6-2)21(24)28)23(4)16(22-19)8-7-13-9-14-18(30-11-29-14)15(10-13)31-12(3)26/h7-10H,5-6,11H2,1-4H3/b8-7+. The van der Waals surface area contributed by atoms with Crippen LogP contribution in [0.25, 0.3) is 23.3 Å². The summed E-state index contributed by atoms with van der Waals surface area (Å²) in [6.07, 6.45) is 3.47. The van der Waals surface area contributed by atoms with E-state index >= 15 is 0 Å². The third-order valence-corrected chi connectivity index (χ3v) is 5.05. The number of carbonyl (C=O) groups excluding carboxylic acids is 1. The molecule has 1 aromatic carbocycles. The van der Waals surface area contributed by atoms with Gasteiger partial charge in [-0.15, -0.1) is 0 Å². The Morgan fingerprint density at radius 3 is 2.58 bits per heavy atom. The van der Waals surface area contributed by atoms with Gasteiger partial charge in [-0.05, 0) is 37.6 Å². The summed E-state index contributed by atoms with van der Waals surface area (Å²) in [5.74, 6) is 1.13. The van der Waals surface area contributed by atoms with Crippen molar-refractivity contribution in [2.45, 2.75) is 33.9 Å². The fourth-order valence-corrected chi connectivity index (χ4v) is 3.59. The molecule has 0 N–H and O–H groups in total. The van der Waals surface area contributed by atoms with E-state index in [4.69, 9.17) is 14.2 Å². The summed E-state index contributed by atoms with van der Waals surface area (Å²) in [7, 11) is 1.73. The van der Waals surface area contributed by atoms with Crippen LogP contribution in [0, 0.1) is 0 Å². The number of hydrogen-bond donors (Lipinski definition) is 0. The predicted octanol–water partition coefficient (Wildman–Crippen LogP) is 1.76. The summed E-state index contributed by atoms with van der Waals surface area (Å²) in [6.45, 7) is 5.61. The molecular weight excluding hydrogens is 404 g/mol. The van der Waals surface area contributed by atoms with Crippen LogP contribution in [-0.4, -0.2) is 31.4 Å². The van der Waals surface area contributed by atoms with Gasteiger partial charge in [0.25, 0.3) is 5.56 Å². The van der Waals surface area contributed by atoms with E-state index in [0.29, 0.717) is 40.6 Å². The average molecular weight is 426 g/mol. The van der Waals surface area contributed by atoms with Gasteiger partial charge in [-0.1, -0.05) is 6.08 Å². The number of imidazole rings is 1. The van der Waals surface area contributed by atoms with Gasteiger partial charge in [-0.3, -0.25) is 18.7 Å². The number of nitrogens with zero attached hydrogens (tertiary/aromatic N) is 4. The molecule has 0 bridgehead atoms. The predicted molar refractivity (Wildman–Crippen MR) is 113 cm³/mol. The molecule has 3 heterocycles. The lowest BCUT2D eigenvalue weighted by atomic mass is 10.1. The summed E-state index contributed by atoms with van der Waals surface area (Å²) < 4.78 is 20.4. The molecule has 162 valence electrons. The molecule has 0 atom stereocenters. The van der Waals surface area contributed by atoms with Gasteiger partial charge in [0.2, 0.25) is 12.5 Å². The van der Waals surface area contributed by atoms with Crippen molar-refractivity contribution in [2.75, 3.05) is 6.79 Å². The van der Waals surface area contributed by atoms with Gasteiger partial charge >= 0.3 is 11.7 Å². The van der Waals surface area contributed by atoms with Gasteiger partial charge in [-0.2, -0.15) is 0 Å². The van der Waals surface area contributed by atoms with Crippen LogP contribution in [0.3, 0.4) is 0 Å². The van der Waals surface area contributed by atoms with Gasteiger partial charge in [0.15, 0.2) is 22.7 Å². The molecule has 10 heteroatoms. The van der Waals surface area contributed by atoms with Crippen molar-refractivity contribution in [2.24, 2.45) is 7.05 Å². The molecule has 31 heavy (non-hydrogen) atoms. The number of hydrogen-bond acceptors (Lipinski definition) is 7. The number of carbonyl (C=O) groups is 1. The van der Waals surface area contributed by atoms with Gasteiger partial charge in [0.1, 0.15) is 5.82 Å². The van der Waals surface area contributed by atoms with Crippen molar-refractivity contribution in [1.29, 1.82) is 0 Å². The SMILES string of the molecule is CCn1c(=O)c2c(nc(/C=C/c3cc4c(c(OC(C)=O)c3)OCO4)n2C)n(CC)c1=O. The van der Waals surface area contributed by atoms with Crippen molar-refractivity contribution in [3.63, 3.8) is 0 Å². The zero-order valence-electron chi connectivity index (χ0n) is 17.7. The summed E-state index contributed by atoms with van der Waals surface area (Å²) >= 11 is 0. The van der Waals surface area contributed by atoms with Crippen LogP contribution in [-0.2, 0) is 24.9 Å². The van der Waals surface area contributed by atoms with Gasteiger partial charge in [-0.25, -0.2) is 9.78 Å². The lowest BCUT2D eigenvalue weighted by Gasteiger charge is -2.08. The highest BCUT2D eigenvalue weighted by atomic mass is 16.7. The van der Waals surface area contributed by atoms with E-state index in [9.17, 15) is 14.4 Å². The molecule has 0 spiro atoms. The fraction of sp³-hybridized carbons (Fsp3) is 0.333. The van der Waals surface area contributed by atoms with Crippen LogP contribution in [0.15, 0.2) is 21.7 Å². The summed E-state index contributed by atoms with van der Waals surface area (Å²) in [5, 5.41) is 0. The first-order chi connectivity index (χ1) is 14.8. The average Bonchev–Trinajstić information content (AvgIpc) is 3.31. The van der Waals surface area contributed by atoms with E-state index < -0.39 is 5.97 Å². The Morgan fingerprint density at radius 1 is 1.16 bits per heavy atom. The molecule has 0 amide bonds. The van der Waals surface area contributed by atoms with Gasteiger partial charge < -0.3 is 18.8 Å². The molecule has 2 aromatic heterocycles. The molecule has 0 aliphatic carbocycles. The van der Waals surface area contributed by atoms with Crippen molar-refractivity contribution in [1.82, 2.24) is 18.7 Å². The highest BCUT2D eigenvalue weighted by Gasteiger charge is 2.22. The number of rotatable bonds is 5. The molecule has 1 aliphatic heterocycles. The van der Waals surface area contributed by atoms with Crippen LogP contribution < -0.4 is 25.5 Å². The van der Waals surface area contributed by atoms with Crippen LogP contribution in [0.1, 0.15) is 32.2 Å². The maximum atomic E-state index is 12.8. The van der Waals surface area contributed by atoms with Crippen LogP contribution in [0.4, 0.5) is 0 Å². The first kappa shape index (κ1) is 20.5. The maximum Gasteiger partial charge on any atom is 0.332 e. The van der Waals surface area contributed by atoms with Crippen molar-refractivity contribution >= 4 is 29.3 Å². The summed E-state index contributed by atoms with van der Waals surface area (Å²) in [5.41, 5.74) is 0.635. The first-order valence-electron chi connectivity index (χ1n) is 9.85. The molecular formula is C21H22N4O6. The number of aryl methyl sites for hydroxylation is 2. The Hall–Kier alpha value is -3.82. The van der Waals surface area contributed by atoms with E-state index in [2.05, 4.69) is 4.98 Å². The number of esters is 1. The highest BCUT2D eigenvalue weighted by Crippen LogP contribution is 2.42. The quantitative estimate of drug-likeness (QED) is 0.452. The zero-order chi connectivity index (χ0) is 22.3. The second kappa shape index (κ2) is 7.78. The normalized spacial score (nSPS) is 12.8. The molecule has 4 rings (SSSR count). The second-order valence-electron chi connectivity index (χ2n) is 6.96. The Labute approximate surface area is 176 Å². The molecule has 3 aromatic rings. The monoisotopic (exact) mass is 426 g/mol. The molecule has 0 unspecified atom stereocenters.